The minimum atomic E-state index is -0.743. The summed E-state index contributed by atoms with van der Waals surface area (Å²) in [6, 6.07) is 6.95. The van der Waals surface area contributed by atoms with Crippen LogP contribution in [0.5, 0.6) is 11.5 Å². The van der Waals surface area contributed by atoms with Gasteiger partial charge < -0.3 is 19.6 Å². The fourth-order valence-electron chi connectivity index (χ4n) is 2.06. The van der Waals surface area contributed by atoms with E-state index >= 15 is 0 Å². The molecule has 0 spiro atoms. The Bertz CT molecular complexity index is 881. The van der Waals surface area contributed by atoms with Crippen LogP contribution in [0.25, 0.3) is 6.08 Å². The van der Waals surface area contributed by atoms with Crippen LogP contribution in [-0.4, -0.2) is 17.4 Å². The number of hydrogen-bond donors (Lipinski definition) is 1. The van der Waals surface area contributed by atoms with E-state index in [1.54, 1.807) is 25.1 Å². The molecule has 0 aliphatic carbocycles. The van der Waals surface area contributed by atoms with E-state index in [4.69, 9.17) is 9.15 Å². The summed E-state index contributed by atoms with van der Waals surface area (Å²) in [5, 5.41) is 35.0. The Balaban J connectivity index is 2.33. The Hall–Kier alpha value is -3.80. The van der Waals surface area contributed by atoms with Gasteiger partial charge >= 0.3 is 0 Å². The van der Waals surface area contributed by atoms with Crippen LogP contribution >= 0.6 is 0 Å². The highest BCUT2D eigenvalue weighted by Crippen LogP contribution is 2.34. The Labute approximate surface area is 148 Å². The molecular formula is C17H14N3O6-. The van der Waals surface area contributed by atoms with Gasteiger partial charge in [0.1, 0.15) is 23.2 Å². The van der Waals surface area contributed by atoms with E-state index in [0.717, 1.165) is 18.2 Å². The van der Waals surface area contributed by atoms with Crippen molar-refractivity contribution in [2.45, 2.75) is 13.5 Å². The first-order chi connectivity index (χ1) is 12.5. The molecule has 0 saturated carbocycles. The highest BCUT2D eigenvalue weighted by molar-refractivity contribution is 6.02. The van der Waals surface area contributed by atoms with Crippen LogP contribution in [0.4, 0.5) is 5.69 Å². The molecule has 0 unspecified atom stereocenters. The van der Waals surface area contributed by atoms with Crippen LogP contribution in [-0.2, 0) is 11.3 Å². The molecule has 0 bridgehead atoms. The van der Waals surface area contributed by atoms with Crippen molar-refractivity contribution in [2.75, 3.05) is 6.61 Å². The number of furan rings is 1. The molecule has 26 heavy (non-hydrogen) atoms. The maximum atomic E-state index is 12.3. The predicted molar refractivity (Wildman–Crippen MR) is 87.9 cm³/mol. The second kappa shape index (κ2) is 8.34. The minimum Gasteiger partial charge on any atom is -0.870 e. The number of rotatable bonds is 7. The van der Waals surface area contributed by atoms with Gasteiger partial charge in [-0.3, -0.25) is 14.9 Å². The molecule has 2 rings (SSSR count). The topological polar surface area (TPSA) is 141 Å². The zero-order chi connectivity index (χ0) is 19.1. The molecule has 1 aromatic heterocycles. The number of nitro groups is 1. The van der Waals surface area contributed by atoms with Gasteiger partial charge in [-0.15, -0.1) is 0 Å². The number of ether oxygens (including phenoxy) is 1. The van der Waals surface area contributed by atoms with Gasteiger partial charge in [-0.2, -0.15) is 5.26 Å². The van der Waals surface area contributed by atoms with Crippen LogP contribution in [0.1, 0.15) is 18.2 Å². The molecule has 0 aliphatic heterocycles. The van der Waals surface area contributed by atoms with Crippen molar-refractivity contribution in [1.29, 1.82) is 5.26 Å². The van der Waals surface area contributed by atoms with Crippen molar-refractivity contribution >= 4 is 17.7 Å². The molecule has 1 heterocycles. The number of carbonyl (C=O) groups excluding carboxylic acids is 1. The summed E-state index contributed by atoms with van der Waals surface area (Å²) in [5.41, 5.74) is -0.948. The molecule has 1 amide bonds. The number of hydrogen-bond acceptors (Lipinski definition) is 7. The average molecular weight is 356 g/mol. The van der Waals surface area contributed by atoms with Crippen molar-refractivity contribution in [2.24, 2.45) is 0 Å². The van der Waals surface area contributed by atoms with E-state index in [9.17, 15) is 25.3 Å². The smallest absolute Gasteiger partial charge is 0.273 e. The SMILES string of the molecule is CCOc1cc([N+](=O)[O-])cc(/C=C(\C#N)C(=O)NCc2ccco2)c1[O-]. The molecule has 0 fully saturated rings. The maximum Gasteiger partial charge on any atom is 0.273 e. The Morgan fingerprint density at radius 1 is 1.50 bits per heavy atom. The Morgan fingerprint density at radius 2 is 2.27 bits per heavy atom. The molecule has 0 saturated heterocycles. The summed E-state index contributed by atoms with van der Waals surface area (Å²) in [6.45, 7) is 1.80. The summed E-state index contributed by atoms with van der Waals surface area (Å²) in [5.74, 6) is -1.13. The number of nitriles is 1. The van der Waals surface area contributed by atoms with Gasteiger partial charge in [0, 0.05) is 6.07 Å². The number of amides is 1. The Kier molecular flexibility index (Phi) is 5.95. The lowest BCUT2D eigenvalue weighted by molar-refractivity contribution is -0.385. The van der Waals surface area contributed by atoms with E-state index in [-0.39, 0.29) is 35.7 Å². The lowest BCUT2D eigenvalue weighted by atomic mass is 10.1. The Morgan fingerprint density at radius 3 is 2.85 bits per heavy atom. The molecule has 9 heteroatoms. The molecule has 1 N–H and O–H groups in total. The fourth-order valence-corrected chi connectivity index (χ4v) is 2.06. The van der Waals surface area contributed by atoms with Gasteiger partial charge in [0.05, 0.1) is 30.4 Å². The monoisotopic (exact) mass is 356 g/mol. The zero-order valence-electron chi connectivity index (χ0n) is 13.7. The van der Waals surface area contributed by atoms with Crippen LogP contribution in [0.2, 0.25) is 0 Å². The van der Waals surface area contributed by atoms with Crippen LogP contribution in [0.15, 0.2) is 40.5 Å². The lowest BCUT2D eigenvalue weighted by Crippen LogP contribution is -2.23. The summed E-state index contributed by atoms with van der Waals surface area (Å²) >= 11 is 0. The predicted octanol–water partition coefficient (Wildman–Crippen LogP) is 1.88. The van der Waals surface area contributed by atoms with Gasteiger partial charge in [0.15, 0.2) is 0 Å². The van der Waals surface area contributed by atoms with Gasteiger partial charge in [-0.1, -0.05) is 5.75 Å². The molecular weight excluding hydrogens is 342 g/mol. The second-order valence-electron chi connectivity index (χ2n) is 4.98. The lowest BCUT2D eigenvalue weighted by Gasteiger charge is -2.17. The van der Waals surface area contributed by atoms with Crippen LogP contribution in [0, 0.1) is 21.4 Å². The second-order valence-corrected chi connectivity index (χ2v) is 4.98. The summed E-state index contributed by atoms with van der Waals surface area (Å²) in [6.07, 6.45) is 2.43. The first-order valence-electron chi connectivity index (χ1n) is 7.50. The van der Waals surface area contributed by atoms with Crippen LogP contribution in [0.3, 0.4) is 0 Å². The number of nitrogens with one attached hydrogen (secondary N) is 1. The summed E-state index contributed by atoms with van der Waals surface area (Å²) < 4.78 is 10.2. The number of nitro benzene ring substituents is 1. The van der Waals surface area contributed by atoms with E-state index in [1.807, 2.05) is 0 Å². The fraction of sp³-hybridized carbons (Fsp3) is 0.176. The van der Waals surface area contributed by atoms with Crippen molar-refractivity contribution < 1.29 is 24.0 Å². The molecule has 2 aromatic rings. The van der Waals surface area contributed by atoms with Gasteiger partial charge in [-0.25, -0.2) is 0 Å². The normalized spacial score (nSPS) is 10.8. The summed E-state index contributed by atoms with van der Waals surface area (Å²) in [4.78, 5) is 22.4. The highest BCUT2D eigenvalue weighted by Gasteiger charge is 2.15. The molecule has 134 valence electrons. The van der Waals surface area contributed by atoms with Crippen molar-refractivity contribution in [3.05, 3.63) is 57.5 Å². The molecule has 1 aromatic carbocycles. The maximum absolute atomic E-state index is 12.3. The third kappa shape index (κ3) is 4.39. The zero-order valence-corrected chi connectivity index (χ0v) is 13.7. The third-order valence-corrected chi connectivity index (χ3v) is 3.25. The van der Waals surface area contributed by atoms with E-state index in [2.05, 4.69) is 5.32 Å². The van der Waals surface area contributed by atoms with Crippen molar-refractivity contribution in [3.63, 3.8) is 0 Å². The van der Waals surface area contributed by atoms with Crippen molar-refractivity contribution in [1.82, 2.24) is 5.32 Å². The highest BCUT2D eigenvalue weighted by atomic mass is 16.6. The molecule has 0 atom stereocenters. The van der Waals surface area contributed by atoms with E-state index < -0.39 is 16.6 Å². The number of benzene rings is 1. The van der Waals surface area contributed by atoms with E-state index in [0.29, 0.717) is 5.76 Å². The summed E-state index contributed by atoms with van der Waals surface area (Å²) in [7, 11) is 0. The first kappa shape index (κ1) is 18.5. The number of non-ortho nitro benzene ring substituents is 1. The largest absolute Gasteiger partial charge is 0.870 e. The quantitative estimate of drug-likeness (QED) is 0.345. The standard InChI is InChI=1S/C17H15N3O6/c1-2-25-15-8-13(20(23)24)7-11(16(15)21)6-12(9-18)17(22)19-10-14-4-3-5-26-14/h3-8,21H,2,10H2,1H3,(H,19,22)/p-1/b12-6+. The van der Waals surface area contributed by atoms with Gasteiger partial charge in [-0.05, 0) is 30.7 Å². The van der Waals surface area contributed by atoms with E-state index in [1.165, 1.54) is 6.26 Å². The number of nitrogens with zero attached hydrogens (tertiary/aromatic N) is 2. The van der Waals surface area contributed by atoms with Gasteiger partial charge in [0.25, 0.3) is 11.6 Å². The number of carbonyl (C=O) groups is 1. The molecule has 0 aliphatic rings. The molecule has 9 nitrogen and oxygen atoms in total. The van der Waals surface area contributed by atoms with Gasteiger partial charge in [0.2, 0.25) is 0 Å². The minimum absolute atomic E-state index is 0.0498. The average Bonchev–Trinajstić information content (AvgIpc) is 3.13. The van der Waals surface area contributed by atoms with Crippen molar-refractivity contribution in [3.8, 4) is 17.6 Å². The third-order valence-electron chi connectivity index (χ3n) is 3.25. The first-order valence-corrected chi connectivity index (χ1v) is 7.50. The molecule has 0 radical (unpaired) electrons. The van der Waals surface area contributed by atoms with Crippen LogP contribution < -0.4 is 15.2 Å².